The molecule has 1 unspecified atom stereocenters. The van der Waals surface area contributed by atoms with Gasteiger partial charge in [0.15, 0.2) is 0 Å². The van der Waals surface area contributed by atoms with Crippen LogP contribution < -0.4 is 5.32 Å². The molecule has 0 radical (unpaired) electrons. The smallest absolute Gasteiger partial charge is 0.0794 e. The molecule has 1 saturated carbocycles. The van der Waals surface area contributed by atoms with Gasteiger partial charge in [0.2, 0.25) is 0 Å². The minimum absolute atomic E-state index is 0.290. The van der Waals surface area contributed by atoms with Crippen LogP contribution in [0, 0.1) is 0 Å². The lowest BCUT2D eigenvalue weighted by Gasteiger charge is -2.52. The minimum atomic E-state index is 0.290. The van der Waals surface area contributed by atoms with E-state index in [4.69, 9.17) is 0 Å². The number of rotatable bonds is 3. The van der Waals surface area contributed by atoms with E-state index >= 15 is 0 Å². The Balaban J connectivity index is 1.78. The second-order valence-corrected chi connectivity index (χ2v) is 7.49. The Morgan fingerprint density at radius 2 is 2.21 bits per heavy atom. The van der Waals surface area contributed by atoms with Crippen LogP contribution >= 0.6 is 11.3 Å². The molecule has 1 saturated heterocycles. The topological polar surface area (TPSA) is 28.2 Å². The molecule has 0 aromatic carbocycles. The van der Waals surface area contributed by atoms with Gasteiger partial charge in [0.1, 0.15) is 0 Å². The van der Waals surface area contributed by atoms with Crippen LogP contribution in [0.1, 0.15) is 50.8 Å². The second kappa shape index (κ2) is 5.15. The number of hydrogen-bond donors (Lipinski definition) is 1. The van der Waals surface area contributed by atoms with Crippen molar-refractivity contribution in [1.82, 2.24) is 15.2 Å². The average Bonchev–Trinajstić information content (AvgIpc) is 3.07. The van der Waals surface area contributed by atoms with Crippen molar-refractivity contribution in [2.24, 2.45) is 0 Å². The van der Waals surface area contributed by atoms with Gasteiger partial charge in [0.05, 0.1) is 5.51 Å². The third-order valence-electron chi connectivity index (χ3n) is 5.25. The first kappa shape index (κ1) is 13.5. The van der Waals surface area contributed by atoms with E-state index in [1.54, 1.807) is 11.3 Å². The zero-order valence-corrected chi connectivity index (χ0v) is 12.9. The fourth-order valence-corrected chi connectivity index (χ4v) is 4.20. The molecule has 3 rings (SSSR count). The Labute approximate surface area is 120 Å². The summed E-state index contributed by atoms with van der Waals surface area (Å²) in [6, 6.07) is 0. The Kier molecular flexibility index (Phi) is 3.67. The SMILES string of the molecule is CCC1(C)CNC2(CCCC2)CN1Cc1cncs1. The lowest BCUT2D eigenvalue weighted by atomic mass is 9.85. The molecule has 2 heterocycles. The number of aromatic nitrogens is 1. The van der Waals surface area contributed by atoms with Crippen molar-refractivity contribution < 1.29 is 0 Å². The maximum atomic E-state index is 4.23. The third-order valence-corrected chi connectivity index (χ3v) is 6.02. The van der Waals surface area contributed by atoms with Crippen molar-refractivity contribution in [2.75, 3.05) is 13.1 Å². The molecule has 1 atom stereocenters. The predicted molar refractivity (Wildman–Crippen MR) is 80.4 cm³/mol. The van der Waals surface area contributed by atoms with Crippen LogP contribution in [0.4, 0.5) is 0 Å². The van der Waals surface area contributed by atoms with Gasteiger partial charge in [-0.25, -0.2) is 0 Å². The number of nitrogens with zero attached hydrogens (tertiary/aromatic N) is 2. The summed E-state index contributed by atoms with van der Waals surface area (Å²) < 4.78 is 0. The average molecular weight is 279 g/mol. The second-order valence-electron chi connectivity index (χ2n) is 6.52. The molecule has 2 aliphatic rings. The first-order valence-corrected chi connectivity index (χ1v) is 8.41. The highest BCUT2D eigenvalue weighted by atomic mass is 32.1. The zero-order valence-electron chi connectivity index (χ0n) is 12.1. The van der Waals surface area contributed by atoms with Crippen molar-refractivity contribution in [3.8, 4) is 0 Å². The van der Waals surface area contributed by atoms with Gasteiger partial charge in [0.25, 0.3) is 0 Å². The van der Waals surface area contributed by atoms with Gasteiger partial charge < -0.3 is 5.32 Å². The largest absolute Gasteiger partial charge is 0.308 e. The maximum Gasteiger partial charge on any atom is 0.0794 e. The molecule has 1 aliphatic carbocycles. The molecule has 4 heteroatoms. The van der Waals surface area contributed by atoms with Crippen LogP contribution in [0.2, 0.25) is 0 Å². The van der Waals surface area contributed by atoms with Gasteiger partial charge in [-0.3, -0.25) is 9.88 Å². The number of hydrogen-bond acceptors (Lipinski definition) is 4. The quantitative estimate of drug-likeness (QED) is 0.922. The monoisotopic (exact) mass is 279 g/mol. The first-order valence-electron chi connectivity index (χ1n) is 7.53. The number of piperazine rings is 1. The van der Waals surface area contributed by atoms with Crippen molar-refractivity contribution in [1.29, 1.82) is 0 Å². The highest BCUT2D eigenvalue weighted by Crippen LogP contribution is 2.37. The van der Waals surface area contributed by atoms with Gasteiger partial charge in [-0.1, -0.05) is 19.8 Å². The highest BCUT2D eigenvalue weighted by molar-refractivity contribution is 7.09. The summed E-state index contributed by atoms with van der Waals surface area (Å²) in [5.41, 5.74) is 2.64. The Bertz CT molecular complexity index is 411. The summed E-state index contributed by atoms with van der Waals surface area (Å²) in [7, 11) is 0. The zero-order chi connectivity index (χ0) is 13.3. The molecular weight excluding hydrogens is 254 g/mol. The van der Waals surface area contributed by atoms with Crippen LogP contribution in [0.25, 0.3) is 0 Å². The summed E-state index contributed by atoms with van der Waals surface area (Å²) in [5, 5.41) is 3.89. The first-order chi connectivity index (χ1) is 9.16. The van der Waals surface area contributed by atoms with Gasteiger partial charge in [-0.15, -0.1) is 11.3 Å². The van der Waals surface area contributed by atoms with Crippen molar-refractivity contribution in [2.45, 2.75) is 63.6 Å². The van der Waals surface area contributed by atoms with Crippen LogP contribution in [-0.2, 0) is 6.54 Å². The van der Waals surface area contributed by atoms with Crippen molar-refractivity contribution >= 4 is 11.3 Å². The highest BCUT2D eigenvalue weighted by Gasteiger charge is 2.45. The molecule has 106 valence electrons. The molecule has 1 N–H and O–H groups in total. The summed E-state index contributed by atoms with van der Waals surface area (Å²) in [6.45, 7) is 8.12. The van der Waals surface area contributed by atoms with Crippen LogP contribution in [0.15, 0.2) is 11.7 Å². The van der Waals surface area contributed by atoms with Crippen LogP contribution in [-0.4, -0.2) is 34.1 Å². The predicted octanol–water partition coefficient (Wildman–Crippen LogP) is 3.03. The van der Waals surface area contributed by atoms with Crippen LogP contribution in [0.3, 0.4) is 0 Å². The summed E-state index contributed by atoms with van der Waals surface area (Å²) in [5.74, 6) is 0. The van der Waals surface area contributed by atoms with Gasteiger partial charge in [0, 0.05) is 41.8 Å². The van der Waals surface area contributed by atoms with E-state index in [2.05, 4.69) is 29.0 Å². The van der Waals surface area contributed by atoms with E-state index in [0.29, 0.717) is 5.54 Å². The van der Waals surface area contributed by atoms with E-state index in [1.807, 2.05) is 11.7 Å². The van der Waals surface area contributed by atoms with Gasteiger partial charge in [-0.05, 0) is 26.2 Å². The van der Waals surface area contributed by atoms with E-state index < -0.39 is 0 Å². The summed E-state index contributed by atoms with van der Waals surface area (Å²) >= 11 is 1.79. The van der Waals surface area contributed by atoms with E-state index in [1.165, 1.54) is 43.5 Å². The fraction of sp³-hybridized carbons (Fsp3) is 0.800. The lowest BCUT2D eigenvalue weighted by molar-refractivity contribution is 0.00848. The normalized spacial score (nSPS) is 31.1. The molecule has 1 spiro atoms. The number of thiazole rings is 1. The fourth-order valence-electron chi connectivity index (χ4n) is 3.59. The molecule has 19 heavy (non-hydrogen) atoms. The molecule has 1 aliphatic heterocycles. The summed E-state index contributed by atoms with van der Waals surface area (Å²) in [4.78, 5) is 8.34. The third kappa shape index (κ3) is 2.58. The van der Waals surface area contributed by atoms with Crippen molar-refractivity contribution in [3.05, 3.63) is 16.6 Å². The maximum absolute atomic E-state index is 4.23. The van der Waals surface area contributed by atoms with Crippen molar-refractivity contribution in [3.63, 3.8) is 0 Å². The lowest BCUT2D eigenvalue weighted by Crippen LogP contribution is -2.67. The molecule has 0 bridgehead atoms. The Morgan fingerprint density at radius 3 is 2.84 bits per heavy atom. The standard InChI is InChI=1S/C15H25N3S/c1-3-14(2)10-17-15(6-4-5-7-15)11-18(14)9-13-8-16-12-19-13/h8,12,17H,3-7,9-11H2,1-2H3. The Hall–Kier alpha value is -0.450. The van der Waals surface area contributed by atoms with Gasteiger partial charge in [-0.2, -0.15) is 0 Å². The molecule has 3 nitrogen and oxygen atoms in total. The molecular formula is C15H25N3S. The van der Waals surface area contributed by atoms with E-state index in [-0.39, 0.29) is 5.54 Å². The Morgan fingerprint density at radius 1 is 1.42 bits per heavy atom. The number of nitrogens with one attached hydrogen (secondary N) is 1. The van der Waals surface area contributed by atoms with E-state index in [0.717, 1.165) is 13.1 Å². The minimum Gasteiger partial charge on any atom is -0.308 e. The van der Waals surface area contributed by atoms with Gasteiger partial charge >= 0.3 is 0 Å². The van der Waals surface area contributed by atoms with Crippen LogP contribution in [0.5, 0.6) is 0 Å². The molecule has 0 amide bonds. The van der Waals surface area contributed by atoms with E-state index in [9.17, 15) is 0 Å². The summed E-state index contributed by atoms with van der Waals surface area (Å²) in [6.07, 6.45) is 8.73. The molecule has 1 aromatic rings. The molecule has 2 fully saturated rings. The molecule has 1 aromatic heterocycles.